The number of ketones is 1. The van der Waals surface area contributed by atoms with Crippen LogP contribution in [0.25, 0.3) is 11.1 Å². The molecule has 3 atom stereocenters. The minimum atomic E-state index is -3.90. The van der Waals surface area contributed by atoms with Crippen LogP contribution in [-0.4, -0.2) is 82.5 Å². The van der Waals surface area contributed by atoms with E-state index in [2.05, 4.69) is 4.98 Å². The third-order valence-corrected chi connectivity index (χ3v) is 9.95. The van der Waals surface area contributed by atoms with Crippen molar-refractivity contribution in [3.8, 4) is 0 Å². The van der Waals surface area contributed by atoms with Crippen molar-refractivity contribution in [2.75, 3.05) is 6.54 Å². The number of benzene rings is 2. The molecule has 2 heterocycles. The quantitative estimate of drug-likeness (QED) is 0.226. The van der Waals surface area contributed by atoms with E-state index in [0.29, 0.717) is 29.0 Å². The highest BCUT2D eigenvalue weighted by Crippen LogP contribution is 2.29. The molecule has 2 aromatic carbocycles. The molecule has 4 amide bonds. The summed E-state index contributed by atoms with van der Waals surface area (Å²) in [5, 5.41) is -0.848. The van der Waals surface area contributed by atoms with E-state index in [0.717, 1.165) is 0 Å². The first kappa shape index (κ1) is 35.6. The zero-order valence-electron chi connectivity index (χ0n) is 27.3. The minimum absolute atomic E-state index is 0.0479. The number of hydrogen-bond acceptors (Lipinski definition) is 11. The Kier molecular flexibility index (Phi) is 10.8. The lowest BCUT2D eigenvalue weighted by Crippen LogP contribution is -2.58. The Morgan fingerprint density at radius 1 is 0.936 bits per heavy atom. The predicted octanol–water partition coefficient (Wildman–Crippen LogP) is 3.15. The molecule has 3 N–H and O–H groups in total. The van der Waals surface area contributed by atoms with E-state index in [4.69, 9.17) is 10.2 Å². The molecular weight excluding hydrogens is 626 g/mol. The van der Waals surface area contributed by atoms with E-state index in [1.165, 1.54) is 38.1 Å². The number of fused-ring (bicyclic) bond motifs is 1. The molecule has 1 unspecified atom stereocenters. The summed E-state index contributed by atoms with van der Waals surface area (Å²) < 4.78 is 32.0. The molecule has 4 rings (SSSR count). The number of Topliss-reactive ketones (excluding diaryl/α,β-unsaturated/α-hetero) is 1. The largest absolute Gasteiger partial charge is 0.434 e. The van der Waals surface area contributed by atoms with Crippen LogP contribution in [0, 0.1) is 11.8 Å². The lowest BCUT2D eigenvalue weighted by Gasteiger charge is -2.35. The zero-order chi connectivity index (χ0) is 34.8. The first-order valence-corrected chi connectivity index (χ1v) is 17.1. The first-order chi connectivity index (χ1) is 22.0. The average molecular weight is 668 g/mol. The summed E-state index contributed by atoms with van der Waals surface area (Å²) in [5.41, 5.74) is 6.99. The van der Waals surface area contributed by atoms with Crippen LogP contribution < -0.4 is 10.5 Å². The second-order valence-corrected chi connectivity index (χ2v) is 14.9. The summed E-state index contributed by atoms with van der Waals surface area (Å²) in [7, 11) is -3.90. The van der Waals surface area contributed by atoms with Gasteiger partial charge in [0.15, 0.2) is 5.58 Å². The van der Waals surface area contributed by atoms with E-state index in [1.54, 1.807) is 43.0 Å². The maximum Gasteiger partial charge on any atom is 0.267 e. The molecule has 0 bridgehead atoms. The van der Waals surface area contributed by atoms with Crippen LogP contribution in [0.5, 0.6) is 0 Å². The van der Waals surface area contributed by atoms with Gasteiger partial charge in [0.25, 0.3) is 29.5 Å². The number of likely N-dealkylation sites (tertiary alicyclic amines) is 1. The van der Waals surface area contributed by atoms with Gasteiger partial charge in [0.1, 0.15) is 5.52 Å². The summed E-state index contributed by atoms with van der Waals surface area (Å²) in [5.74, 6) is -4.81. The number of imide groups is 3. The van der Waals surface area contributed by atoms with Gasteiger partial charge >= 0.3 is 0 Å². The van der Waals surface area contributed by atoms with Crippen LogP contribution in [0.3, 0.4) is 0 Å². The molecule has 1 fully saturated rings. The number of carbonyl (C=O) groups excluding carboxylic acids is 5. The molecule has 0 saturated carbocycles. The van der Waals surface area contributed by atoms with Crippen LogP contribution in [0.4, 0.5) is 0 Å². The van der Waals surface area contributed by atoms with Gasteiger partial charge in [0.2, 0.25) is 15.8 Å². The normalized spacial score (nSPS) is 16.9. The number of nitrogens with one attached hydrogen (secondary N) is 1. The van der Waals surface area contributed by atoms with Gasteiger partial charge in [-0.15, -0.1) is 0 Å². The average Bonchev–Trinajstić information content (AvgIpc) is 3.68. The van der Waals surface area contributed by atoms with Crippen LogP contribution in [-0.2, 0) is 19.6 Å². The lowest BCUT2D eigenvalue weighted by molar-refractivity contribution is -0.145. The van der Waals surface area contributed by atoms with Crippen LogP contribution in [0.2, 0.25) is 0 Å². The summed E-state index contributed by atoms with van der Waals surface area (Å²) in [6.07, 6.45) is 0.802. The van der Waals surface area contributed by atoms with Crippen molar-refractivity contribution in [3.63, 3.8) is 0 Å². The molecule has 47 heavy (non-hydrogen) atoms. The fourth-order valence-corrected chi connectivity index (χ4v) is 6.03. The summed E-state index contributed by atoms with van der Waals surface area (Å²) >= 11 is 0. The standard InChI is InChI=1S/C33H41N5O8S/c1-18(2)26(34)33(43)38(31(41)22-15-13-21(14-16-22)29(40)36-47(44,45)20(5)6)32(42)24-11-9-17-37(24)27(19(3)4)28(39)30-35-23-10-7-8-12-25(23)46-30/h7-8,10,12-16,18-20,24,26-27H,9,11,17,34H2,1-6H3,(H,36,40)/t24-,26-,27?/m0/s1. The van der Waals surface area contributed by atoms with Crippen LogP contribution in [0.15, 0.2) is 52.9 Å². The Morgan fingerprint density at radius 2 is 1.55 bits per heavy atom. The highest BCUT2D eigenvalue weighted by Gasteiger charge is 2.46. The van der Waals surface area contributed by atoms with E-state index in [-0.39, 0.29) is 29.4 Å². The number of para-hydroxylation sites is 2. The number of hydrogen-bond donors (Lipinski definition) is 2. The van der Waals surface area contributed by atoms with Gasteiger partial charge in [0.05, 0.1) is 23.4 Å². The van der Waals surface area contributed by atoms with Gasteiger partial charge in [-0.05, 0) is 81.5 Å². The second-order valence-electron chi connectivity index (χ2n) is 12.6. The highest BCUT2D eigenvalue weighted by atomic mass is 32.2. The van der Waals surface area contributed by atoms with Crippen molar-refractivity contribution >= 4 is 50.5 Å². The summed E-state index contributed by atoms with van der Waals surface area (Å²) in [4.78, 5) is 74.8. The number of sulfonamides is 1. The lowest BCUT2D eigenvalue weighted by atomic mass is 9.96. The van der Waals surface area contributed by atoms with Crippen molar-refractivity contribution in [1.29, 1.82) is 0 Å². The van der Waals surface area contributed by atoms with Gasteiger partial charge in [-0.1, -0.05) is 39.8 Å². The maximum absolute atomic E-state index is 14.3. The van der Waals surface area contributed by atoms with Gasteiger partial charge in [-0.25, -0.2) is 23.0 Å². The fraction of sp³-hybridized carbons (Fsp3) is 0.455. The summed E-state index contributed by atoms with van der Waals surface area (Å²) in [6.45, 7) is 10.2. The topological polar surface area (TPSA) is 190 Å². The Bertz CT molecular complexity index is 1750. The summed E-state index contributed by atoms with van der Waals surface area (Å²) in [6, 6.07) is 8.84. The minimum Gasteiger partial charge on any atom is -0.434 e. The SMILES string of the molecule is CC(C)C(C(=O)c1nc2ccccc2o1)N1CCC[C@H]1C(=O)N(C(=O)c1ccc(C(=O)NS(=O)(=O)C(C)C)cc1)C(=O)[C@@H](N)C(C)C. The number of nitrogens with two attached hydrogens (primary N) is 1. The van der Waals surface area contributed by atoms with E-state index in [1.807, 2.05) is 18.6 Å². The molecule has 14 heteroatoms. The number of carbonyl (C=O) groups is 5. The predicted molar refractivity (Wildman–Crippen MR) is 174 cm³/mol. The molecule has 1 aliphatic rings. The van der Waals surface area contributed by atoms with Gasteiger partial charge in [-0.2, -0.15) is 0 Å². The van der Waals surface area contributed by atoms with Crippen molar-refractivity contribution in [2.24, 2.45) is 17.6 Å². The number of aromatic nitrogens is 1. The monoisotopic (exact) mass is 667 g/mol. The van der Waals surface area contributed by atoms with Crippen molar-refractivity contribution in [1.82, 2.24) is 19.5 Å². The van der Waals surface area contributed by atoms with Gasteiger partial charge < -0.3 is 10.2 Å². The Morgan fingerprint density at radius 3 is 2.13 bits per heavy atom. The molecule has 252 valence electrons. The van der Waals surface area contributed by atoms with Gasteiger partial charge in [0, 0.05) is 11.1 Å². The molecule has 0 radical (unpaired) electrons. The van der Waals surface area contributed by atoms with E-state index in [9.17, 15) is 32.4 Å². The number of amides is 4. The fourth-order valence-electron chi connectivity index (χ4n) is 5.42. The molecule has 1 aliphatic heterocycles. The zero-order valence-corrected chi connectivity index (χ0v) is 28.1. The molecule has 1 saturated heterocycles. The Labute approximate surface area is 273 Å². The molecular formula is C33H41N5O8S. The third kappa shape index (κ3) is 7.50. The molecule has 3 aromatic rings. The molecule has 0 aliphatic carbocycles. The van der Waals surface area contributed by atoms with Crippen molar-refractivity contribution in [2.45, 2.75) is 77.8 Å². The highest BCUT2D eigenvalue weighted by molar-refractivity contribution is 7.90. The maximum atomic E-state index is 14.3. The molecule has 1 aromatic heterocycles. The van der Waals surface area contributed by atoms with Crippen molar-refractivity contribution in [3.05, 3.63) is 65.5 Å². The van der Waals surface area contributed by atoms with Gasteiger partial charge in [-0.3, -0.25) is 28.9 Å². The Hall–Kier alpha value is -4.27. The first-order valence-electron chi connectivity index (χ1n) is 15.5. The van der Waals surface area contributed by atoms with E-state index >= 15 is 0 Å². The number of rotatable bonds is 11. The van der Waals surface area contributed by atoms with Crippen LogP contribution in [0.1, 0.15) is 85.8 Å². The smallest absolute Gasteiger partial charge is 0.267 e. The Balaban J connectivity index is 1.65. The van der Waals surface area contributed by atoms with Crippen LogP contribution >= 0.6 is 0 Å². The third-order valence-electron chi connectivity index (χ3n) is 8.24. The number of nitrogens with zero attached hydrogens (tertiary/aromatic N) is 3. The molecule has 13 nitrogen and oxygen atoms in total. The van der Waals surface area contributed by atoms with Crippen molar-refractivity contribution < 1.29 is 36.8 Å². The number of oxazole rings is 1. The molecule has 0 spiro atoms. The second kappa shape index (κ2) is 14.2. The van der Waals surface area contributed by atoms with E-state index < -0.39 is 68.7 Å².